The number of esters is 1. The number of rotatable bonds is 7. The van der Waals surface area contributed by atoms with E-state index >= 15 is 0 Å². The molecule has 3 aromatic rings. The number of aromatic nitrogens is 2. The second-order valence-electron chi connectivity index (χ2n) is 7.98. The number of nitrogens with one attached hydrogen (secondary N) is 1. The molecule has 11 heteroatoms. The van der Waals surface area contributed by atoms with E-state index in [1.165, 1.54) is 25.6 Å². The van der Waals surface area contributed by atoms with Crippen molar-refractivity contribution in [2.75, 3.05) is 29.9 Å². The lowest BCUT2D eigenvalue weighted by molar-refractivity contribution is -0.142. The zero-order valence-corrected chi connectivity index (χ0v) is 20.3. The van der Waals surface area contributed by atoms with Crippen LogP contribution < -0.4 is 14.4 Å². The molecule has 2 heterocycles. The van der Waals surface area contributed by atoms with Gasteiger partial charge in [0.25, 0.3) is 15.9 Å². The van der Waals surface area contributed by atoms with Gasteiger partial charge in [0.1, 0.15) is 5.75 Å². The van der Waals surface area contributed by atoms with Crippen molar-refractivity contribution in [1.29, 1.82) is 0 Å². The number of sulfonamides is 1. The summed E-state index contributed by atoms with van der Waals surface area (Å²) in [6.07, 6.45) is 3.40. The molecule has 0 spiro atoms. The molecule has 0 saturated heterocycles. The Morgan fingerprint density at radius 1 is 1.09 bits per heavy atom. The molecule has 0 fully saturated rings. The van der Waals surface area contributed by atoms with Gasteiger partial charge >= 0.3 is 5.97 Å². The summed E-state index contributed by atoms with van der Waals surface area (Å²) in [6.45, 7) is 3.80. The molecule has 1 amide bonds. The molecule has 0 unspecified atom stereocenters. The quantitative estimate of drug-likeness (QED) is 0.495. The monoisotopic (exact) mass is 496 g/mol. The van der Waals surface area contributed by atoms with E-state index in [2.05, 4.69) is 19.4 Å². The van der Waals surface area contributed by atoms with Gasteiger partial charge in [-0.15, -0.1) is 0 Å². The van der Waals surface area contributed by atoms with Gasteiger partial charge in [0.15, 0.2) is 6.61 Å². The topological polar surface area (TPSA) is 128 Å². The van der Waals surface area contributed by atoms with Crippen molar-refractivity contribution in [3.05, 3.63) is 71.0 Å². The van der Waals surface area contributed by atoms with Crippen LogP contribution in [0.1, 0.15) is 27.0 Å². The molecule has 4 rings (SSSR count). The Kier molecular flexibility index (Phi) is 6.70. The van der Waals surface area contributed by atoms with Gasteiger partial charge in [0.2, 0.25) is 5.95 Å². The number of benzene rings is 2. The maximum Gasteiger partial charge on any atom is 0.343 e. The molecule has 10 nitrogen and oxygen atoms in total. The van der Waals surface area contributed by atoms with Crippen molar-refractivity contribution >= 4 is 33.5 Å². The van der Waals surface area contributed by atoms with Gasteiger partial charge in [-0.3, -0.25) is 4.79 Å². The van der Waals surface area contributed by atoms with E-state index in [0.29, 0.717) is 41.1 Å². The second kappa shape index (κ2) is 9.71. The maximum absolute atomic E-state index is 13.3. The van der Waals surface area contributed by atoms with Crippen LogP contribution >= 0.6 is 0 Å². The number of carbonyl (C=O) groups excluding carboxylic acids is 2. The summed E-state index contributed by atoms with van der Waals surface area (Å²) in [5.74, 6) is -0.195. The smallest absolute Gasteiger partial charge is 0.343 e. The Morgan fingerprint density at radius 3 is 2.43 bits per heavy atom. The molecule has 1 aromatic heterocycles. The predicted molar refractivity (Wildman–Crippen MR) is 128 cm³/mol. The first kappa shape index (κ1) is 24.1. The molecule has 35 heavy (non-hydrogen) atoms. The van der Waals surface area contributed by atoms with E-state index in [1.54, 1.807) is 49.1 Å². The van der Waals surface area contributed by atoms with Crippen molar-refractivity contribution in [1.82, 2.24) is 9.97 Å². The van der Waals surface area contributed by atoms with E-state index in [9.17, 15) is 18.0 Å². The number of hydrogen-bond acceptors (Lipinski definition) is 8. The van der Waals surface area contributed by atoms with Gasteiger partial charge in [0, 0.05) is 30.2 Å². The molecule has 0 radical (unpaired) electrons. The predicted octanol–water partition coefficient (Wildman–Crippen LogP) is 2.65. The van der Waals surface area contributed by atoms with Crippen LogP contribution in [0.3, 0.4) is 0 Å². The molecule has 1 N–H and O–H groups in total. The van der Waals surface area contributed by atoms with Crippen molar-refractivity contribution in [2.45, 2.75) is 25.2 Å². The number of fused-ring (bicyclic) bond motifs is 1. The lowest BCUT2D eigenvalue weighted by Crippen LogP contribution is -2.29. The van der Waals surface area contributed by atoms with Crippen LogP contribution in [0.4, 0.5) is 11.6 Å². The summed E-state index contributed by atoms with van der Waals surface area (Å²) in [7, 11) is -2.59. The second-order valence-corrected chi connectivity index (χ2v) is 9.66. The summed E-state index contributed by atoms with van der Waals surface area (Å²) in [5.41, 5.74) is 3.31. The van der Waals surface area contributed by atoms with Gasteiger partial charge < -0.3 is 14.4 Å². The fourth-order valence-electron chi connectivity index (χ4n) is 3.93. The minimum Gasteiger partial charge on any atom is -0.481 e. The number of carbonyl (C=O) groups is 2. The third-order valence-electron chi connectivity index (χ3n) is 5.56. The minimum atomic E-state index is -3.88. The van der Waals surface area contributed by atoms with Crippen LogP contribution in [-0.4, -0.2) is 50.5 Å². The first-order valence-electron chi connectivity index (χ1n) is 10.7. The Balaban J connectivity index is 1.55. The van der Waals surface area contributed by atoms with E-state index in [-0.39, 0.29) is 23.4 Å². The molecular weight excluding hydrogens is 472 g/mol. The Hall–Kier alpha value is -3.99. The summed E-state index contributed by atoms with van der Waals surface area (Å²) >= 11 is 0. The van der Waals surface area contributed by atoms with Gasteiger partial charge in [-0.05, 0) is 73.4 Å². The van der Waals surface area contributed by atoms with Crippen LogP contribution in [-0.2, 0) is 26.0 Å². The summed E-state index contributed by atoms with van der Waals surface area (Å²) < 4.78 is 38.0. The molecule has 1 aliphatic heterocycles. The standard InChI is InChI=1S/C24H24N4O6S/c1-15-11-18(12-16(2)22(15)34-14-21(29)33-3)23(30)28-10-7-17-13-19(5-6-20(17)28)35(31,32)27-24-25-8-4-9-26-24/h4-6,8-9,11-13H,7,10,14H2,1-3H3,(H,25,26,27). The van der Waals surface area contributed by atoms with Crippen molar-refractivity contribution in [3.8, 4) is 5.75 Å². The molecule has 0 saturated carbocycles. The van der Waals surface area contributed by atoms with Crippen LogP contribution in [0.15, 0.2) is 53.7 Å². The first-order valence-corrected chi connectivity index (χ1v) is 12.2. The Labute approximate surface area is 203 Å². The first-order chi connectivity index (χ1) is 16.7. The van der Waals surface area contributed by atoms with Crippen molar-refractivity contribution in [2.24, 2.45) is 0 Å². The highest BCUT2D eigenvalue weighted by atomic mass is 32.2. The molecule has 0 bridgehead atoms. The molecule has 0 aliphatic carbocycles. The largest absolute Gasteiger partial charge is 0.481 e. The van der Waals surface area contributed by atoms with Crippen LogP contribution in [0.2, 0.25) is 0 Å². The molecular formula is C24H24N4O6S. The fraction of sp³-hybridized carbons (Fsp3) is 0.250. The maximum atomic E-state index is 13.3. The lowest BCUT2D eigenvalue weighted by atomic mass is 10.0. The highest BCUT2D eigenvalue weighted by molar-refractivity contribution is 7.92. The lowest BCUT2D eigenvalue weighted by Gasteiger charge is -2.19. The van der Waals surface area contributed by atoms with E-state index in [1.807, 2.05) is 0 Å². The van der Waals surface area contributed by atoms with Crippen LogP contribution in [0.5, 0.6) is 5.75 Å². The van der Waals surface area contributed by atoms with Gasteiger partial charge in [0.05, 0.1) is 12.0 Å². The summed E-state index contributed by atoms with van der Waals surface area (Å²) in [5, 5.41) is 0. The van der Waals surface area contributed by atoms with Gasteiger partial charge in [-0.1, -0.05) is 0 Å². The van der Waals surface area contributed by atoms with Crippen LogP contribution in [0.25, 0.3) is 0 Å². The zero-order chi connectivity index (χ0) is 25.2. The van der Waals surface area contributed by atoms with Crippen LogP contribution in [0, 0.1) is 13.8 Å². The summed E-state index contributed by atoms with van der Waals surface area (Å²) in [6, 6.07) is 9.66. The number of hydrogen-bond donors (Lipinski definition) is 1. The number of anilines is 2. The number of amides is 1. The van der Waals surface area contributed by atoms with E-state index in [4.69, 9.17) is 4.74 Å². The third kappa shape index (κ3) is 5.09. The minimum absolute atomic E-state index is 0.0189. The summed E-state index contributed by atoms with van der Waals surface area (Å²) in [4.78, 5) is 34.2. The molecule has 0 atom stereocenters. The SMILES string of the molecule is COC(=O)COc1c(C)cc(C(=O)N2CCc3cc(S(=O)(=O)Nc4ncccn4)ccc32)cc1C. The van der Waals surface area contributed by atoms with Gasteiger partial charge in [-0.2, -0.15) is 0 Å². The number of ether oxygens (including phenoxy) is 2. The average Bonchev–Trinajstić information content (AvgIpc) is 3.26. The average molecular weight is 497 g/mol. The van der Waals surface area contributed by atoms with Crippen molar-refractivity contribution < 1.29 is 27.5 Å². The number of aryl methyl sites for hydroxylation is 2. The fourth-order valence-corrected chi connectivity index (χ4v) is 4.94. The normalized spacial score (nSPS) is 12.7. The molecule has 2 aromatic carbocycles. The highest BCUT2D eigenvalue weighted by Gasteiger charge is 2.28. The number of nitrogens with zero attached hydrogens (tertiary/aromatic N) is 3. The third-order valence-corrected chi connectivity index (χ3v) is 6.89. The van der Waals surface area contributed by atoms with E-state index in [0.717, 1.165) is 5.56 Å². The zero-order valence-electron chi connectivity index (χ0n) is 19.4. The van der Waals surface area contributed by atoms with Gasteiger partial charge in [-0.25, -0.2) is 27.9 Å². The molecule has 1 aliphatic rings. The molecule has 182 valence electrons. The van der Waals surface area contributed by atoms with Crippen molar-refractivity contribution in [3.63, 3.8) is 0 Å². The highest BCUT2D eigenvalue weighted by Crippen LogP contribution is 2.33. The van der Waals surface area contributed by atoms with E-state index < -0.39 is 16.0 Å². The Morgan fingerprint density at radius 2 is 1.77 bits per heavy atom. The Bertz CT molecular complexity index is 1370. The number of methoxy groups -OCH3 is 1.